The van der Waals surface area contributed by atoms with Gasteiger partial charge in [-0.2, -0.15) is 0 Å². The number of likely N-dealkylation sites (tertiary alicyclic amines) is 1. The molecule has 1 saturated heterocycles. The molecule has 29 heavy (non-hydrogen) atoms. The topological polar surface area (TPSA) is 106 Å². The van der Waals surface area contributed by atoms with Crippen LogP contribution in [0.5, 0.6) is 11.5 Å². The first-order valence-corrected chi connectivity index (χ1v) is 9.62. The summed E-state index contributed by atoms with van der Waals surface area (Å²) < 4.78 is 10.6. The number of aryl methyl sites for hydroxylation is 1. The number of hydrogen-bond donors (Lipinski definition) is 3. The van der Waals surface area contributed by atoms with Crippen LogP contribution in [0.2, 0.25) is 0 Å². The minimum atomic E-state index is -0.308. The minimum absolute atomic E-state index is 0.139. The quantitative estimate of drug-likeness (QED) is 0.691. The highest BCUT2D eigenvalue weighted by atomic mass is 16.7. The van der Waals surface area contributed by atoms with Crippen molar-refractivity contribution in [1.82, 2.24) is 4.90 Å². The largest absolute Gasteiger partial charge is 0.454 e. The van der Waals surface area contributed by atoms with Crippen LogP contribution < -0.4 is 25.8 Å². The molecule has 2 aliphatic heterocycles. The molecule has 0 saturated carbocycles. The average Bonchev–Trinajstić information content (AvgIpc) is 3.15. The summed E-state index contributed by atoms with van der Waals surface area (Å²) in [5.74, 6) is 0.648. The monoisotopic (exact) mass is 396 g/mol. The molecule has 1 unspecified atom stereocenters. The van der Waals surface area contributed by atoms with Crippen LogP contribution >= 0.6 is 0 Å². The van der Waals surface area contributed by atoms with Gasteiger partial charge in [-0.15, -0.1) is 0 Å². The van der Waals surface area contributed by atoms with Crippen molar-refractivity contribution < 1.29 is 19.1 Å². The van der Waals surface area contributed by atoms with Crippen LogP contribution in [-0.4, -0.2) is 36.7 Å². The first-order chi connectivity index (χ1) is 14.0. The molecule has 2 heterocycles. The molecular weight excluding hydrogens is 372 g/mol. The first kappa shape index (κ1) is 18.9. The van der Waals surface area contributed by atoms with Gasteiger partial charge in [-0.25, -0.2) is 4.79 Å². The zero-order valence-electron chi connectivity index (χ0n) is 16.2. The Balaban J connectivity index is 1.39. The van der Waals surface area contributed by atoms with Gasteiger partial charge in [-0.1, -0.05) is 12.1 Å². The van der Waals surface area contributed by atoms with Gasteiger partial charge in [0.1, 0.15) is 0 Å². The highest BCUT2D eigenvalue weighted by molar-refractivity contribution is 5.97. The number of nitrogen functional groups attached to an aromatic ring is 1. The fourth-order valence-corrected chi connectivity index (χ4v) is 3.60. The Labute approximate surface area is 169 Å². The average molecular weight is 396 g/mol. The number of fused-ring (bicyclic) bond motifs is 1. The number of urea groups is 1. The Morgan fingerprint density at radius 3 is 2.72 bits per heavy atom. The van der Waals surface area contributed by atoms with Gasteiger partial charge in [0.15, 0.2) is 11.5 Å². The third-order valence-corrected chi connectivity index (χ3v) is 5.15. The molecule has 2 aromatic carbocycles. The van der Waals surface area contributed by atoms with E-state index in [1.165, 1.54) is 0 Å². The molecular formula is C21H24N4O4. The summed E-state index contributed by atoms with van der Waals surface area (Å²) in [6.07, 6.45) is 1.47. The Bertz CT molecular complexity index is 946. The normalized spacial score (nSPS) is 17.7. The molecule has 0 aliphatic carbocycles. The fraction of sp³-hybridized carbons (Fsp3) is 0.333. The summed E-state index contributed by atoms with van der Waals surface area (Å²) in [6, 6.07) is 10.7. The van der Waals surface area contributed by atoms with Gasteiger partial charge >= 0.3 is 6.03 Å². The van der Waals surface area contributed by atoms with Crippen LogP contribution in [0.1, 0.15) is 18.4 Å². The predicted molar refractivity (Wildman–Crippen MR) is 110 cm³/mol. The molecule has 0 radical (unpaired) electrons. The smallest absolute Gasteiger partial charge is 0.321 e. The van der Waals surface area contributed by atoms with E-state index in [0.717, 1.165) is 17.7 Å². The van der Waals surface area contributed by atoms with Crippen LogP contribution in [-0.2, 0) is 4.79 Å². The second-order valence-corrected chi connectivity index (χ2v) is 7.37. The molecule has 2 aliphatic rings. The van der Waals surface area contributed by atoms with Gasteiger partial charge in [0.05, 0.1) is 17.3 Å². The van der Waals surface area contributed by atoms with Gasteiger partial charge in [0.25, 0.3) is 0 Å². The molecule has 4 N–H and O–H groups in total. The molecule has 0 bridgehead atoms. The fourth-order valence-electron chi connectivity index (χ4n) is 3.60. The molecule has 2 aromatic rings. The van der Waals surface area contributed by atoms with Crippen molar-refractivity contribution >= 4 is 29.0 Å². The van der Waals surface area contributed by atoms with E-state index in [1.54, 1.807) is 17.0 Å². The molecule has 8 nitrogen and oxygen atoms in total. The summed E-state index contributed by atoms with van der Waals surface area (Å²) in [5.41, 5.74) is 8.73. The number of hydrogen-bond acceptors (Lipinski definition) is 5. The highest BCUT2D eigenvalue weighted by Crippen LogP contribution is 2.38. The maximum atomic E-state index is 12.8. The Hall–Kier alpha value is -3.42. The van der Waals surface area contributed by atoms with Crippen molar-refractivity contribution in [2.45, 2.75) is 19.8 Å². The van der Waals surface area contributed by atoms with Crippen LogP contribution in [0.15, 0.2) is 36.4 Å². The molecule has 8 heteroatoms. The Kier molecular flexibility index (Phi) is 5.16. The molecule has 152 valence electrons. The van der Waals surface area contributed by atoms with Crippen molar-refractivity contribution in [2.75, 3.05) is 36.2 Å². The lowest BCUT2D eigenvalue weighted by Gasteiger charge is -2.32. The molecule has 3 amide bonds. The van der Waals surface area contributed by atoms with Gasteiger partial charge in [-0.3, -0.25) is 4.79 Å². The van der Waals surface area contributed by atoms with Crippen LogP contribution in [0.4, 0.5) is 21.9 Å². The highest BCUT2D eigenvalue weighted by Gasteiger charge is 2.29. The summed E-state index contributed by atoms with van der Waals surface area (Å²) in [6.45, 7) is 3.08. The number of carbonyl (C=O) groups is 2. The van der Waals surface area contributed by atoms with E-state index in [4.69, 9.17) is 15.2 Å². The number of piperidine rings is 1. The van der Waals surface area contributed by atoms with Gasteiger partial charge < -0.3 is 30.7 Å². The van der Waals surface area contributed by atoms with E-state index in [-0.39, 0.29) is 24.6 Å². The zero-order valence-corrected chi connectivity index (χ0v) is 16.2. The number of nitrogens with zero attached hydrogens (tertiary/aromatic N) is 1. The number of ether oxygens (including phenoxy) is 2. The van der Waals surface area contributed by atoms with Crippen molar-refractivity contribution in [3.63, 3.8) is 0 Å². The second-order valence-electron chi connectivity index (χ2n) is 7.37. The summed E-state index contributed by atoms with van der Waals surface area (Å²) in [7, 11) is 0. The number of nitrogens with one attached hydrogen (secondary N) is 2. The summed E-state index contributed by atoms with van der Waals surface area (Å²) >= 11 is 0. The lowest BCUT2D eigenvalue weighted by Crippen LogP contribution is -2.45. The maximum Gasteiger partial charge on any atom is 0.321 e. The van der Waals surface area contributed by atoms with Crippen molar-refractivity contribution in [2.24, 2.45) is 5.92 Å². The lowest BCUT2D eigenvalue weighted by molar-refractivity contribution is -0.121. The summed E-state index contributed by atoms with van der Waals surface area (Å²) in [5, 5.41) is 5.77. The van der Waals surface area contributed by atoms with Gasteiger partial charge in [0, 0.05) is 30.9 Å². The second kappa shape index (κ2) is 7.90. The lowest BCUT2D eigenvalue weighted by atomic mass is 9.97. The van der Waals surface area contributed by atoms with Gasteiger partial charge in [0.2, 0.25) is 12.7 Å². The van der Waals surface area contributed by atoms with Gasteiger partial charge in [-0.05, 0) is 37.5 Å². The summed E-state index contributed by atoms with van der Waals surface area (Å²) in [4.78, 5) is 27.1. The number of anilines is 3. The zero-order chi connectivity index (χ0) is 20.4. The molecule has 4 rings (SSSR count). The number of nitrogens with two attached hydrogens (primary N) is 1. The third-order valence-electron chi connectivity index (χ3n) is 5.15. The Morgan fingerprint density at radius 2 is 1.93 bits per heavy atom. The van der Waals surface area contributed by atoms with Crippen LogP contribution in [0, 0.1) is 12.8 Å². The molecule has 1 atom stereocenters. The number of amides is 3. The van der Waals surface area contributed by atoms with Crippen LogP contribution in [0.3, 0.4) is 0 Å². The minimum Gasteiger partial charge on any atom is -0.454 e. The maximum absolute atomic E-state index is 12.8. The van der Waals surface area contributed by atoms with E-state index in [9.17, 15) is 9.59 Å². The van der Waals surface area contributed by atoms with E-state index in [2.05, 4.69) is 10.6 Å². The van der Waals surface area contributed by atoms with Crippen molar-refractivity contribution in [1.29, 1.82) is 0 Å². The van der Waals surface area contributed by atoms with E-state index in [1.807, 2.05) is 31.2 Å². The number of carbonyl (C=O) groups excluding carboxylic acids is 2. The van der Waals surface area contributed by atoms with E-state index < -0.39 is 0 Å². The van der Waals surface area contributed by atoms with Crippen LogP contribution in [0.25, 0.3) is 0 Å². The van der Waals surface area contributed by atoms with Crippen molar-refractivity contribution in [3.8, 4) is 11.5 Å². The molecule has 1 fully saturated rings. The Morgan fingerprint density at radius 1 is 1.14 bits per heavy atom. The van der Waals surface area contributed by atoms with E-state index >= 15 is 0 Å². The molecule has 0 aromatic heterocycles. The third kappa shape index (κ3) is 4.21. The van der Waals surface area contributed by atoms with E-state index in [0.29, 0.717) is 42.4 Å². The van der Waals surface area contributed by atoms with Crippen molar-refractivity contribution in [3.05, 3.63) is 42.0 Å². The number of rotatable bonds is 3. The number of benzene rings is 2. The SMILES string of the molecule is Cc1cccc(NC(=O)N2CCCC(C(=O)Nc3cc4c(cc3N)OCO4)C2)c1. The standard InChI is InChI=1S/C21H24N4O4/c1-13-4-2-6-15(8-13)23-21(27)25-7-3-5-14(11-25)20(26)24-17-10-19-18(9-16(17)22)28-12-29-19/h2,4,6,8-10,14H,3,5,7,11-12,22H2,1H3,(H,23,27)(H,24,26). The first-order valence-electron chi connectivity index (χ1n) is 9.62. The predicted octanol–water partition coefficient (Wildman–Crippen LogP) is 3.19. The molecule has 0 spiro atoms.